The van der Waals surface area contributed by atoms with Crippen LogP contribution in [-0.2, 0) is 10.0 Å². The lowest BCUT2D eigenvalue weighted by molar-refractivity contribution is 0.599. The largest absolute Gasteiger partial charge is 0.364 e. The van der Waals surface area contributed by atoms with E-state index < -0.39 is 10.0 Å². The molecule has 2 N–H and O–H groups in total. The normalized spacial score (nSPS) is 12.2. The number of sulfonamides is 1. The maximum Gasteiger partial charge on any atom is 0.233 e. The molecule has 0 radical (unpaired) electrons. The molecule has 0 saturated carbocycles. The topological polar surface area (TPSA) is 84.0 Å². The fourth-order valence-electron chi connectivity index (χ4n) is 1.32. The van der Waals surface area contributed by atoms with Gasteiger partial charge in [0, 0.05) is 5.54 Å². The Morgan fingerprint density at radius 3 is 2.17 bits per heavy atom. The molecule has 18 heavy (non-hydrogen) atoms. The Labute approximate surface area is 108 Å². The van der Waals surface area contributed by atoms with Crippen molar-refractivity contribution in [3.8, 4) is 0 Å². The second-order valence-electron chi connectivity index (χ2n) is 5.10. The van der Waals surface area contributed by atoms with Gasteiger partial charge in [-0.15, -0.1) is 10.2 Å². The molecule has 1 heterocycles. The van der Waals surface area contributed by atoms with Crippen molar-refractivity contribution in [1.29, 1.82) is 0 Å². The first kappa shape index (κ1) is 14.7. The standard InChI is InChI=1S/C11H20N4O2S/c1-5-8-18(16,17)15-10-7-6-9(13-14-10)12-11(2,3)4/h6-7H,5,8H2,1-4H3,(H,12,13)(H,14,15). The van der Waals surface area contributed by atoms with Gasteiger partial charge in [-0.3, -0.25) is 4.72 Å². The smallest absolute Gasteiger partial charge is 0.233 e. The number of hydrogen-bond acceptors (Lipinski definition) is 5. The van der Waals surface area contributed by atoms with E-state index in [2.05, 4.69) is 20.2 Å². The maximum atomic E-state index is 11.5. The summed E-state index contributed by atoms with van der Waals surface area (Å²) in [6.07, 6.45) is 0.562. The van der Waals surface area contributed by atoms with E-state index in [1.54, 1.807) is 19.1 Å². The molecule has 0 amide bonds. The van der Waals surface area contributed by atoms with Gasteiger partial charge in [0.2, 0.25) is 10.0 Å². The molecule has 0 spiro atoms. The lowest BCUT2D eigenvalue weighted by atomic mass is 10.1. The average Bonchev–Trinajstić information content (AvgIpc) is 2.18. The van der Waals surface area contributed by atoms with E-state index in [4.69, 9.17) is 0 Å². The molecule has 0 aliphatic carbocycles. The molecular weight excluding hydrogens is 252 g/mol. The Morgan fingerprint density at radius 2 is 1.72 bits per heavy atom. The minimum absolute atomic E-state index is 0.0800. The van der Waals surface area contributed by atoms with Gasteiger partial charge in [-0.1, -0.05) is 6.92 Å². The lowest BCUT2D eigenvalue weighted by Gasteiger charge is -2.20. The Hall–Kier alpha value is -1.37. The van der Waals surface area contributed by atoms with Crippen LogP contribution in [0.5, 0.6) is 0 Å². The zero-order valence-electron chi connectivity index (χ0n) is 11.2. The van der Waals surface area contributed by atoms with Gasteiger partial charge in [-0.25, -0.2) is 8.42 Å². The summed E-state index contributed by atoms with van der Waals surface area (Å²) < 4.78 is 25.4. The van der Waals surface area contributed by atoms with Crippen LogP contribution in [0.2, 0.25) is 0 Å². The summed E-state index contributed by atoms with van der Waals surface area (Å²) in [4.78, 5) is 0. The highest BCUT2D eigenvalue weighted by atomic mass is 32.2. The molecule has 1 aromatic rings. The number of rotatable bonds is 5. The molecule has 0 unspecified atom stereocenters. The van der Waals surface area contributed by atoms with Crippen molar-refractivity contribution >= 4 is 21.7 Å². The highest BCUT2D eigenvalue weighted by molar-refractivity contribution is 7.92. The Bertz CT molecular complexity index is 477. The molecule has 1 rings (SSSR count). The van der Waals surface area contributed by atoms with Gasteiger partial charge in [-0.05, 0) is 39.3 Å². The van der Waals surface area contributed by atoms with Crippen molar-refractivity contribution < 1.29 is 8.42 Å². The monoisotopic (exact) mass is 272 g/mol. The van der Waals surface area contributed by atoms with Crippen LogP contribution in [-0.4, -0.2) is 29.9 Å². The second-order valence-corrected chi connectivity index (χ2v) is 6.94. The van der Waals surface area contributed by atoms with E-state index in [1.165, 1.54) is 0 Å². The van der Waals surface area contributed by atoms with Crippen LogP contribution in [0.4, 0.5) is 11.6 Å². The first-order chi connectivity index (χ1) is 8.22. The van der Waals surface area contributed by atoms with E-state index in [0.717, 1.165) is 0 Å². The van der Waals surface area contributed by atoms with Crippen molar-refractivity contribution in [3.63, 3.8) is 0 Å². The fourth-order valence-corrected chi connectivity index (χ4v) is 2.38. The SMILES string of the molecule is CCCS(=O)(=O)Nc1ccc(NC(C)(C)C)nn1. The third-order valence-corrected chi connectivity index (χ3v) is 3.37. The average molecular weight is 272 g/mol. The predicted octanol–water partition coefficient (Wildman–Crippen LogP) is 1.84. The number of nitrogens with one attached hydrogen (secondary N) is 2. The molecule has 0 aliphatic rings. The van der Waals surface area contributed by atoms with Crippen LogP contribution in [0.25, 0.3) is 0 Å². The summed E-state index contributed by atoms with van der Waals surface area (Å²) in [7, 11) is -3.31. The molecule has 6 nitrogen and oxygen atoms in total. The van der Waals surface area contributed by atoms with Crippen LogP contribution in [0, 0.1) is 0 Å². The molecule has 0 fully saturated rings. The summed E-state index contributed by atoms with van der Waals surface area (Å²) in [6.45, 7) is 7.83. The zero-order valence-corrected chi connectivity index (χ0v) is 12.0. The molecule has 7 heteroatoms. The van der Waals surface area contributed by atoms with Crippen molar-refractivity contribution in [3.05, 3.63) is 12.1 Å². The van der Waals surface area contributed by atoms with Gasteiger partial charge in [0.05, 0.1) is 5.75 Å². The van der Waals surface area contributed by atoms with Crippen molar-refractivity contribution in [2.24, 2.45) is 0 Å². The van der Waals surface area contributed by atoms with E-state index >= 15 is 0 Å². The van der Waals surface area contributed by atoms with Gasteiger partial charge in [0.25, 0.3) is 0 Å². The Balaban J connectivity index is 2.72. The summed E-state index contributed by atoms with van der Waals surface area (Å²) in [5.41, 5.74) is -0.113. The molecule has 0 saturated heterocycles. The minimum atomic E-state index is -3.31. The third-order valence-electron chi connectivity index (χ3n) is 1.90. The highest BCUT2D eigenvalue weighted by Gasteiger charge is 2.12. The second kappa shape index (κ2) is 5.51. The third kappa shape index (κ3) is 5.31. The van der Waals surface area contributed by atoms with Crippen LogP contribution in [0.3, 0.4) is 0 Å². The molecule has 0 bridgehead atoms. The van der Waals surface area contributed by atoms with Crippen molar-refractivity contribution in [2.45, 2.75) is 39.7 Å². The zero-order chi connectivity index (χ0) is 13.8. The number of aromatic nitrogens is 2. The van der Waals surface area contributed by atoms with Crippen LogP contribution < -0.4 is 10.0 Å². The number of anilines is 2. The Morgan fingerprint density at radius 1 is 1.17 bits per heavy atom. The van der Waals surface area contributed by atoms with Gasteiger partial charge < -0.3 is 5.32 Å². The van der Waals surface area contributed by atoms with Crippen molar-refractivity contribution in [2.75, 3.05) is 15.8 Å². The van der Waals surface area contributed by atoms with Gasteiger partial charge >= 0.3 is 0 Å². The fraction of sp³-hybridized carbons (Fsp3) is 0.636. The molecule has 102 valence electrons. The van der Waals surface area contributed by atoms with E-state index in [-0.39, 0.29) is 17.1 Å². The van der Waals surface area contributed by atoms with Crippen LogP contribution in [0.1, 0.15) is 34.1 Å². The van der Waals surface area contributed by atoms with Crippen LogP contribution >= 0.6 is 0 Å². The molecule has 0 aliphatic heterocycles. The van der Waals surface area contributed by atoms with E-state index in [1.807, 2.05) is 20.8 Å². The van der Waals surface area contributed by atoms with Gasteiger partial charge in [0.1, 0.15) is 5.82 Å². The predicted molar refractivity (Wildman–Crippen MR) is 73.1 cm³/mol. The highest BCUT2D eigenvalue weighted by Crippen LogP contribution is 2.13. The summed E-state index contributed by atoms with van der Waals surface area (Å²) in [5.74, 6) is 0.931. The van der Waals surface area contributed by atoms with E-state index in [9.17, 15) is 8.42 Å². The first-order valence-electron chi connectivity index (χ1n) is 5.84. The van der Waals surface area contributed by atoms with Crippen molar-refractivity contribution in [1.82, 2.24) is 10.2 Å². The number of nitrogens with zero attached hydrogens (tertiary/aromatic N) is 2. The quantitative estimate of drug-likeness (QED) is 0.854. The lowest BCUT2D eigenvalue weighted by Crippen LogP contribution is -2.27. The summed E-state index contributed by atoms with van der Waals surface area (Å²) in [6, 6.07) is 3.29. The molecule has 1 aromatic heterocycles. The summed E-state index contributed by atoms with van der Waals surface area (Å²) in [5, 5.41) is 10.9. The molecule has 0 aromatic carbocycles. The molecular formula is C11H20N4O2S. The molecule has 0 atom stereocenters. The van der Waals surface area contributed by atoms with Crippen LogP contribution in [0.15, 0.2) is 12.1 Å². The Kier molecular flexibility index (Phi) is 4.50. The first-order valence-corrected chi connectivity index (χ1v) is 7.49. The summed E-state index contributed by atoms with van der Waals surface area (Å²) >= 11 is 0. The number of hydrogen-bond donors (Lipinski definition) is 2. The van der Waals surface area contributed by atoms with E-state index in [0.29, 0.717) is 12.2 Å². The van der Waals surface area contributed by atoms with Gasteiger partial charge in [-0.2, -0.15) is 0 Å². The maximum absolute atomic E-state index is 11.5. The van der Waals surface area contributed by atoms with Gasteiger partial charge in [0.15, 0.2) is 5.82 Å². The minimum Gasteiger partial charge on any atom is -0.364 e.